The molecule has 0 aromatic carbocycles. The highest BCUT2D eigenvalue weighted by molar-refractivity contribution is 6.35. The Bertz CT molecular complexity index is 218. The molecule has 0 aliphatic rings. The summed E-state index contributed by atoms with van der Waals surface area (Å²) in [5.74, 6) is -0.0833. The molecular formula is C13H27NO3Si. The van der Waals surface area contributed by atoms with Gasteiger partial charge in [0.05, 0.1) is 0 Å². The largest absolute Gasteiger partial charge is 0.353 e. The summed E-state index contributed by atoms with van der Waals surface area (Å²) < 4.78 is 11.0. The van der Waals surface area contributed by atoms with Gasteiger partial charge in [-0.15, -0.1) is 0 Å². The second kappa shape index (κ2) is 12.8. The highest BCUT2D eigenvalue weighted by Crippen LogP contribution is 2.04. The maximum absolute atomic E-state index is 10.9. The molecule has 0 aliphatic carbocycles. The minimum absolute atomic E-state index is 0.00661. The highest BCUT2D eigenvalue weighted by atomic mass is 28.2. The van der Waals surface area contributed by atoms with Gasteiger partial charge in [0.25, 0.3) is 0 Å². The van der Waals surface area contributed by atoms with Crippen LogP contribution in [0.3, 0.4) is 0 Å². The van der Waals surface area contributed by atoms with Crippen molar-refractivity contribution in [1.29, 1.82) is 0 Å². The lowest BCUT2D eigenvalue weighted by molar-refractivity contribution is -0.123. The molecule has 0 aromatic rings. The molecule has 0 unspecified atom stereocenters. The van der Waals surface area contributed by atoms with E-state index in [0.717, 1.165) is 19.0 Å². The van der Waals surface area contributed by atoms with E-state index in [1.807, 2.05) is 13.8 Å². The lowest BCUT2D eigenvalue weighted by atomic mass is 10.3. The molecule has 1 amide bonds. The van der Waals surface area contributed by atoms with Crippen molar-refractivity contribution >= 4 is 15.4 Å². The number of ether oxygens (including phenoxy) is 2. The van der Waals surface area contributed by atoms with E-state index in [1.165, 1.54) is 18.5 Å². The maximum Gasteiger partial charge on any atom is 0.243 e. The number of unbranched alkanes of at least 4 members (excludes halogenated alkanes) is 1. The molecule has 0 aromatic heterocycles. The van der Waals surface area contributed by atoms with Gasteiger partial charge in [0.15, 0.2) is 6.29 Å². The Labute approximate surface area is 113 Å². The summed E-state index contributed by atoms with van der Waals surface area (Å²) in [5, 5.41) is 2.78. The number of carbonyl (C=O) groups is 1. The summed E-state index contributed by atoms with van der Waals surface area (Å²) in [4.78, 5) is 10.9. The molecule has 0 saturated carbocycles. The van der Waals surface area contributed by atoms with Crippen molar-refractivity contribution in [2.24, 2.45) is 0 Å². The third kappa shape index (κ3) is 10.5. The van der Waals surface area contributed by atoms with E-state index in [2.05, 4.69) is 11.9 Å². The van der Waals surface area contributed by atoms with Gasteiger partial charge in [0.1, 0.15) is 0 Å². The van der Waals surface area contributed by atoms with Gasteiger partial charge in [-0.2, -0.15) is 0 Å². The Hall–Kier alpha value is -0.653. The smallest absolute Gasteiger partial charge is 0.243 e. The van der Waals surface area contributed by atoms with Crippen LogP contribution in [0.5, 0.6) is 0 Å². The molecule has 5 heteroatoms. The fourth-order valence-electron chi connectivity index (χ4n) is 1.66. The molecular weight excluding hydrogens is 246 g/mol. The second-order valence-electron chi connectivity index (χ2n) is 4.04. The van der Waals surface area contributed by atoms with Gasteiger partial charge in [-0.25, -0.2) is 0 Å². The molecule has 0 atom stereocenters. The molecule has 18 heavy (non-hydrogen) atoms. The first-order chi connectivity index (χ1) is 8.74. The van der Waals surface area contributed by atoms with Gasteiger partial charge in [-0.05, 0) is 32.4 Å². The minimum atomic E-state index is -0.112. The number of nitrogens with one attached hydrogen (secondary N) is 1. The zero-order chi connectivity index (χ0) is 13.6. The monoisotopic (exact) mass is 273 g/mol. The molecule has 0 aliphatic heterocycles. The average molecular weight is 273 g/mol. The Balaban J connectivity index is 3.37. The van der Waals surface area contributed by atoms with Gasteiger partial charge in [-0.3, -0.25) is 4.79 Å². The van der Waals surface area contributed by atoms with Crippen LogP contribution in [0.4, 0.5) is 0 Å². The molecule has 0 radical (unpaired) electrons. The average Bonchev–Trinajstić information content (AvgIpc) is 2.37. The van der Waals surface area contributed by atoms with Gasteiger partial charge in [0.2, 0.25) is 5.91 Å². The number of amides is 1. The van der Waals surface area contributed by atoms with E-state index in [0.29, 0.717) is 13.2 Å². The SMILES string of the molecule is C=CC(=O)NCCCC[SiH2]CC(OCC)OCC. The first-order valence-corrected chi connectivity index (χ1v) is 8.88. The van der Waals surface area contributed by atoms with Crippen LogP contribution >= 0.6 is 0 Å². The Morgan fingerprint density at radius 2 is 2.00 bits per heavy atom. The zero-order valence-corrected chi connectivity index (χ0v) is 13.2. The zero-order valence-electron chi connectivity index (χ0n) is 11.7. The number of rotatable bonds is 12. The van der Waals surface area contributed by atoms with E-state index in [1.54, 1.807) is 0 Å². The summed E-state index contributed by atoms with van der Waals surface area (Å²) in [6.45, 7) is 9.58. The van der Waals surface area contributed by atoms with Crippen LogP contribution < -0.4 is 5.32 Å². The number of hydrogen-bond acceptors (Lipinski definition) is 3. The molecule has 0 rings (SSSR count). The first kappa shape index (κ1) is 17.3. The van der Waals surface area contributed by atoms with Crippen molar-refractivity contribution in [1.82, 2.24) is 5.32 Å². The molecule has 0 bridgehead atoms. The molecule has 1 N–H and O–H groups in total. The van der Waals surface area contributed by atoms with Crippen molar-refractivity contribution in [3.05, 3.63) is 12.7 Å². The lowest BCUT2D eigenvalue weighted by Crippen LogP contribution is -2.22. The highest BCUT2D eigenvalue weighted by Gasteiger charge is 2.07. The van der Waals surface area contributed by atoms with Crippen LogP contribution in [-0.4, -0.2) is 41.5 Å². The van der Waals surface area contributed by atoms with Gasteiger partial charge >= 0.3 is 0 Å². The normalized spacial score (nSPS) is 11.3. The van der Waals surface area contributed by atoms with Crippen LogP contribution in [0.15, 0.2) is 12.7 Å². The maximum atomic E-state index is 10.9. The summed E-state index contributed by atoms with van der Waals surface area (Å²) in [7, 11) is -0.112. The molecule has 0 saturated heterocycles. The fourth-order valence-corrected chi connectivity index (χ4v) is 3.32. The van der Waals surface area contributed by atoms with Gasteiger partial charge in [-0.1, -0.05) is 19.0 Å². The third-order valence-corrected chi connectivity index (χ3v) is 4.44. The van der Waals surface area contributed by atoms with Crippen LogP contribution in [0.25, 0.3) is 0 Å². The van der Waals surface area contributed by atoms with E-state index < -0.39 is 0 Å². The fraction of sp³-hybridized carbons (Fsp3) is 0.769. The van der Waals surface area contributed by atoms with Crippen LogP contribution in [0.1, 0.15) is 26.7 Å². The lowest BCUT2D eigenvalue weighted by Gasteiger charge is -2.16. The van der Waals surface area contributed by atoms with Crippen molar-refractivity contribution in [3.63, 3.8) is 0 Å². The van der Waals surface area contributed by atoms with Crippen molar-refractivity contribution in [3.8, 4) is 0 Å². The summed E-state index contributed by atoms with van der Waals surface area (Å²) in [6, 6.07) is 2.36. The molecule has 0 fully saturated rings. The van der Waals surface area contributed by atoms with Crippen LogP contribution in [-0.2, 0) is 14.3 Å². The van der Waals surface area contributed by atoms with Gasteiger partial charge < -0.3 is 14.8 Å². The predicted octanol–water partition coefficient (Wildman–Crippen LogP) is 1.47. The topological polar surface area (TPSA) is 47.6 Å². The summed E-state index contributed by atoms with van der Waals surface area (Å²) >= 11 is 0. The Morgan fingerprint density at radius 3 is 2.56 bits per heavy atom. The van der Waals surface area contributed by atoms with Crippen LogP contribution in [0.2, 0.25) is 12.1 Å². The Morgan fingerprint density at radius 1 is 1.33 bits per heavy atom. The van der Waals surface area contributed by atoms with Crippen LogP contribution in [0, 0.1) is 0 Å². The molecule has 0 spiro atoms. The van der Waals surface area contributed by atoms with E-state index in [9.17, 15) is 4.79 Å². The van der Waals surface area contributed by atoms with E-state index in [4.69, 9.17) is 9.47 Å². The molecule has 4 nitrogen and oxygen atoms in total. The van der Waals surface area contributed by atoms with E-state index >= 15 is 0 Å². The summed E-state index contributed by atoms with van der Waals surface area (Å²) in [5.41, 5.74) is 0. The third-order valence-electron chi connectivity index (χ3n) is 2.56. The van der Waals surface area contributed by atoms with E-state index in [-0.39, 0.29) is 21.7 Å². The number of carbonyl (C=O) groups excluding carboxylic acids is 1. The minimum Gasteiger partial charge on any atom is -0.353 e. The van der Waals surface area contributed by atoms with Gasteiger partial charge in [0, 0.05) is 29.3 Å². The predicted molar refractivity (Wildman–Crippen MR) is 77.6 cm³/mol. The van der Waals surface area contributed by atoms with Crippen molar-refractivity contribution in [2.75, 3.05) is 19.8 Å². The molecule has 106 valence electrons. The first-order valence-electron chi connectivity index (χ1n) is 6.88. The second-order valence-corrected chi connectivity index (χ2v) is 6.03. The quantitative estimate of drug-likeness (QED) is 0.253. The Kier molecular flexibility index (Phi) is 12.3. The van der Waals surface area contributed by atoms with Crippen molar-refractivity contribution in [2.45, 2.75) is 45.1 Å². The van der Waals surface area contributed by atoms with Crippen molar-refractivity contribution < 1.29 is 14.3 Å². The summed E-state index contributed by atoms with van der Waals surface area (Å²) in [6.07, 6.45) is 3.53. The number of hydrogen-bond donors (Lipinski definition) is 1. The standard InChI is InChI=1S/C13H27NO3Si/c1-4-12(15)14-9-7-8-10-18-11-13(16-5-2)17-6-3/h4,13H,1,5-11,18H2,2-3H3,(H,14,15). The molecule has 0 heterocycles.